The van der Waals surface area contributed by atoms with Crippen LogP contribution in [0, 0.1) is 12.3 Å². The largest absolute Gasteiger partial charge is 0.381 e. The van der Waals surface area contributed by atoms with Gasteiger partial charge in [0.2, 0.25) is 0 Å². The van der Waals surface area contributed by atoms with Gasteiger partial charge in [-0.05, 0) is 31.9 Å². The fraction of sp³-hybridized carbons (Fsp3) is 0.750. The molecule has 3 saturated heterocycles. The molecular formula is C20H33IN4O2S. The molecule has 0 aromatic carbocycles. The van der Waals surface area contributed by atoms with Crippen molar-refractivity contribution >= 4 is 41.3 Å². The predicted molar refractivity (Wildman–Crippen MR) is 125 cm³/mol. The van der Waals surface area contributed by atoms with Gasteiger partial charge in [0.05, 0.1) is 25.9 Å². The highest BCUT2D eigenvalue weighted by atomic mass is 127. The summed E-state index contributed by atoms with van der Waals surface area (Å²) in [6, 6.07) is 4.88. The Morgan fingerprint density at radius 1 is 1.21 bits per heavy atom. The average Bonchev–Trinajstić information content (AvgIpc) is 3.43. The molecule has 28 heavy (non-hydrogen) atoms. The van der Waals surface area contributed by atoms with Crippen LogP contribution in [0.1, 0.15) is 28.6 Å². The molecule has 3 aliphatic heterocycles. The molecule has 2 unspecified atom stereocenters. The van der Waals surface area contributed by atoms with E-state index in [2.05, 4.69) is 39.2 Å². The highest BCUT2D eigenvalue weighted by Gasteiger charge is 2.42. The van der Waals surface area contributed by atoms with E-state index < -0.39 is 0 Å². The maximum absolute atomic E-state index is 5.68. The molecule has 4 rings (SSSR count). The summed E-state index contributed by atoms with van der Waals surface area (Å²) >= 11 is 1.90. The van der Waals surface area contributed by atoms with Crippen LogP contribution in [0.15, 0.2) is 17.1 Å². The van der Waals surface area contributed by atoms with Crippen molar-refractivity contribution < 1.29 is 9.47 Å². The van der Waals surface area contributed by atoms with Crippen molar-refractivity contribution in [3.05, 3.63) is 21.9 Å². The Balaban J connectivity index is 0.00000225. The van der Waals surface area contributed by atoms with Crippen molar-refractivity contribution in [2.24, 2.45) is 10.4 Å². The van der Waals surface area contributed by atoms with Crippen LogP contribution in [0.2, 0.25) is 0 Å². The Morgan fingerprint density at radius 3 is 2.68 bits per heavy atom. The Bertz CT molecular complexity index is 656. The van der Waals surface area contributed by atoms with Crippen LogP contribution in [0.3, 0.4) is 0 Å². The first-order chi connectivity index (χ1) is 13.2. The molecule has 2 atom stereocenters. The Labute approximate surface area is 189 Å². The number of halogens is 1. The van der Waals surface area contributed by atoms with Crippen LogP contribution in [0.25, 0.3) is 0 Å². The first-order valence-corrected chi connectivity index (χ1v) is 10.9. The molecular weight excluding hydrogens is 487 g/mol. The summed E-state index contributed by atoms with van der Waals surface area (Å²) in [6.45, 7) is 10.7. The third-order valence-electron chi connectivity index (χ3n) is 6.16. The van der Waals surface area contributed by atoms with E-state index in [0.717, 1.165) is 65.1 Å². The second kappa shape index (κ2) is 10.1. The zero-order valence-corrected chi connectivity index (χ0v) is 20.1. The summed E-state index contributed by atoms with van der Waals surface area (Å²) < 4.78 is 11.2. The van der Waals surface area contributed by atoms with Crippen molar-refractivity contribution in [3.8, 4) is 0 Å². The number of likely N-dealkylation sites (tertiary alicyclic amines) is 1. The van der Waals surface area contributed by atoms with Crippen LogP contribution < -0.4 is 5.32 Å². The van der Waals surface area contributed by atoms with Gasteiger partial charge in [0.25, 0.3) is 0 Å². The normalized spacial score (nSPS) is 27.2. The van der Waals surface area contributed by atoms with Gasteiger partial charge in [0.15, 0.2) is 5.96 Å². The lowest BCUT2D eigenvalue weighted by Gasteiger charge is -2.35. The molecule has 0 radical (unpaired) electrons. The van der Waals surface area contributed by atoms with Crippen molar-refractivity contribution in [1.29, 1.82) is 0 Å². The Morgan fingerprint density at radius 2 is 2.04 bits per heavy atom. The van der Waals surface area contributed by atoms with Gasteiger partial charge in [0.1, 0.15) is 0 Å². The summed E-state index contributed by atoms with van der Waals surface area (Å²) in [6.07, 6.45) is 2.40. The van der Waals surface area contributed by atoms with Crippen LogP contribution in [0.5, 0.6) is 0 Å². The molecule has 4 heterocycles. The Kier molecular flexibility index (Phi) is 8.00. The third-order valence-corrected chi connectivity index (χ3v) is 7.27. The second-order valence-corrected chi connectivity index (χ2v) is 9.33. The fourth-order valence-corrected chi connectivity index (χ4v) is 5.55. The standard InChI is InChI=1S/C20H32N4O2S.HI/c1-16-3-4-18(27-16)17(23-8-11-25-12-9-23)13-22-19(21-2)24-7-5-20(14-24)6-10-26-15-20;/h3-4,17H,5-15H2,1-2H3,(H,21,22);1H. The summed E-state index contributed by atoms with van der Waals surface area (Å²) in [5, 5.41) is 3.68. The van der Waals surface area contributed by atoms with E-state index in [4.69, 9.17) is 9.47 Å². The molecule has 0 saturated carbocycles. The van der Waals surface area contributed by atoms with Crippen LogP contribution in [-0.4, -0.2) is 82.0 Å². The lowest BCUT2D eigenvalue weighted by molar-refractivity contribution is 0.0176. The number of ether oxygens (including phenoxy) is 2. The van der Waals surface area contributed by atoms with Crippen molar-refractivity contribution in [3.63, 3.8) is 0 Å². The number of aliphatic imine (C=N–C) groups is 1. The smallest absolute Gasteiger partial charge is 0.193 e. The van der Waals surface area contributed by atoms with Gasteiger partial charge >= 0.3 is 0 Å². The van der Waals surface area contributed by atoms with Gasteiger partial charge in [-0.1, -0.05) is 0 Å². The molecule has 1 spiro atoms. The molecule has 0 aliphatic carbocycles. The molecule has 3 fully saturated rings. The first kappa shape index (κ1) is 22.3. The van der Waals surface area contributed by atoms with Gasteiger partial charge in [-0.25, -0.2) is 0 Å². The number of thiophene rings is 1. The average molecular weight is 520 g/mol. The summed E-state index contributed by atoms with van der Waals surface area (Å²) in [7, 11) is 1.90. The van der Waals surface area contributed by atoms with Crippen LogP contribution in [0.4, 0.5) is 0 Å². The quantitative estimate of drug-likeness (QED) is 0.376. The number of hydrogen-bond donors (Lipinski definition) is 1. The molecule has 0 bridgehead atoms. The molecule has 8 heteroatoms. The van der Waals surface area contributed by atoms with Crippen LogP contribution in [-0.2, 0) is 9.47 Å². The van der Waals surface area contributed by atoms with E-state index in [1.165, 1.54) is 22.6 Å². The highest BCUT2D eigenvalue weighted by molar-refractivity contribution is 14.0. The molecule has 6 nitrogen and oxygen atoms in total. The van der Waals surface area contributed by atoms with Crippen molar-refractivity contribution in [2.75, 3.05) is 66.2 Å². The lowest BCUT2D eigenvalue weighted by atomic mass is 9.87. The molecule has 1 N–H and O–H groups in total. The van der Waals surface area contributed by atoms with E-state index in [9.17, 15) is 0 Å². The minimum Gasteiger partial charge on any atom is -0.381 e. The summed E-state index contributed by atoms with van der Waals surface area (Å²) in [5.74, 6) is 1.03. The molecule has 1 aromatic rings. The Hall–Kier alpha value is -0.420. The summed E-state index contributed by atoms with van der Waals surface area (Å²) in [4.78, 5) is 12.4. The summed E-state index contributed by atoms with van der Waals surface area (Å²) in [5.41, 5.74) is 0.353. The molecule has 1 aromatic heterocycles. The van der Waals surface area contributed by atoms with E-state index >= 15 is 0 Å². The van der Waals surface area contributed by atoms with Gasteiger partial charge in [-0.2, -0.15) is 0 Å². The zero-order chi connectivity index (χ0) is 18.7. The topological polar surface area (TPSA) is 49.3 Å². The number of rotatable bonds is 4. The predicted octanol–water partition coefficient (Wildman–Crippen LogP) is 2.74. The number of nitrogens with zero attached hydrogens (tertiary/aromatic N) is 3. The number of nitrogens with one attached hydrogen (secondary N) is 1. The highest BCUT2D eigenvalue weighted by Crippen LogP contribution is 2.38. The van der Waals surface area contributed by atoms with Gasteiger partial charge in [-0.3, -0.25) is 9.89 Å². The van der Waals surface area contributed by atoms with E-state index in [-0.39, 0.29) is 24.0 Å². The van der Waals surface area contributed by atoms with Crippen molar-refractivity contribution in [2.45, 2.75) is 25.8 Å². The number of hydrogen-bond acceptors (Lipinski definition) is 5. The number of aryl methyl sites for hydroxylation is 1. The second-order valence-electron chi connectivity index (χ2n) is 8.01. The lowest BCUT2D eigenvalue weighted by Crippen LogP contribution is -2.47. The molecule has 3 aliphatic rings. The number of morpholine rings is 1. The van der Waals surface area contributed by atoms with E-state index in [1.807, 2.05) is 18.4 Å². The minimum absolute atomic E-state index is 0. The molecule has 0 amide bonds. The van der Waals surface area contributed by atoms with Crippen LogP contribution >= 0.6 is 35.3 Å². The minimum atomic E-state index is 0. The van der Waals surface area contributed by atoms with Gasteiger partial charge < -0.3 is 19.7 Å². The first-order valence-electron chi connectivity index (χ1n) is 10.1. The van der Waals surface area contributed by atoms with E-state index in [0.29, 0.717) is 11.5 Å². The van der Waals surface area contributed by atoms with Gasteiger partial charge in [0, 0.05) is 61.5 Å². The fourth-order valence-electron chi connectivity index (χ4n) is 4.54. The maximum atomic E-state index is 5.68. The SMILES string of the molecule is CN=C(NCC(c1ccc(C)s1)N1CCOCC1)N1CCC2(CCOC2)C1.I. The zero-order valence-electron chi connectivity index (χ0n) is 17.0. The number of guanidine groups is 1. The third kappa shape index (κ3) is 5.00. The monoisotopic (exact) mass is 520 g/mol. The van der Waals surface area contributed by atoms with E-state index in [1.54, 1.807) is 0 Å². The van der Waals surface area contributed by atoms with Crippen molar-refractivity contribution in [1.82, 2.24) is 15.1 Å². The maximum Gasteiger partial charge on any atom is 0.193 e. The van der Waals surface area contributed by atoms with Gasteiger partial charge in [-0.15, -0.1) is 35.3 Å². The molecule has 158 valence electrons.